The number of rotatable bonds is 7. The van der Waals surface area contributed by atoms with Crippen molar-refractivity contribution in [3.63, 3.8) is 0 Å². The summed E-state index contributed by atoms with van der Waals surface area (Å²) in [4.78, 5) is 22.2. The highest BCUT2D eigenvalue weighted by Crippen LogP contribution is 2.28. The predicted octanol–water partition coefficient (Wildman–Crippen LogP) is 3.84. The third kappa shape index (κ3) is 6.07. The van der Waals surface area contributed by atoms with Gasteiger partial charge in [0.1, 0.15) is 28.7 Å². The Morgan fingerprint density at radius 3 is 1.56 bits per heavy atom. The van der Waals surface area contributed by atoms with E-state index in [1.165, 1.54) is 0 Å². The molecule has 0 fully saturated rings. The monoisotopic (exact) mass is 600 g/mol. The summed E-state index contributed by atoms with van der Waals surface area (Å²) in [6.45, 7) is 8.80. The lowest BCUT2D eigenvalue weighted by atomic mass is 10.0. The maximum atomic E-state index is 13.2. The van der Waals surface area contributed by atoms with Crippen molar-refractivity contribution in [1.82, 2.24) is 40.6 Å². The Hall–Kier alpha value is -5.65. The smallest absolute Gasteiger partial charge is 0.338 e. The van der Waals surface area contributed by atoms with Crippen LogP contribution in [0.3, 0.4) is 0 Å². The normalized spacial score (nSPS) is 14.5. The minimum absolute atomic E-state index is 0.380. The largest absolute Gasteiger partial charge is 0.456 e. The highest BCUT2D eigenvalue weighted by atomic mass is 16.6. The Balaban J connectivity index is 1.20. The fourth-order valence-corrected chi connectivity index (χ4v) is 5.15. The van der Waals surface area contributed by atoms with Crippen molar-refractivity contribution in [3.05, 3.63) is 95.8 Å². The molecule has 0 aliphatic carbocycles. The van der Waals surface area contributed by atoms with Crippen molar-refractivity contribution in [2.45, 2.75) is 26.4 Å². The lowest BCUT2D eigenvalue weighted by Crippen LogP contribution is -2.23. The first-order valence-electron chi connectivity index (χ1n) is 14.8. The molecule has 5 aromatic rings. The van der Waals surface area contributed by atoms with Gasteiger partial charge in [0, 0.05) is 35.3 Å². The van der Waals surface area contributed by atoms with Crippen LogP contribution in [0.25, 0.3) is 33.9 Å². The van der Waals surface area contributed by atoms with Crippen LogP contribution in [0.2, 0.25) is 0 Å². The molecule has 226 valence electrons. The number of hydrogen-bond donors (Lipinski definition) is 2. The van der Waals surface area contributed by atoms with E-state index in [0.717, 1.165) is 60.4 Å². The van der Waals surface area contributed by atoms with Gasteiger partial charge in [-0.1, -0.05) is 10.4 Å². The van der Waals surface area contributed by atoms with Crippen molar-refractivity contribution >= 4 is 17.6 Å². The van der Waals surface area contributed by atoms with Gasteiger partial charge < -0.3 is 15.4 Å². The first-order valence-corrected chi connectivity index (χ1v) is 14.8. The number of ether oxygens (including phenoxy) is 1. The summed E-state index contributed by atoms with van der Waals surface area (Å²) in [5.41, 5.74) is 6.06. The molecule has 0 saturated carbocycles. The third-order valence-electron chi connectivity index (χ3n) is 7.30. The number of aliphatic imine (C=N–C) groups is 2. The predicted molar refractivity (Wildman–Crippen MR) is 171 cm³/mol. The Morgan fingerprint density at radius 1 is 0.689 bits per heavy atom. The van der Waals surface area contributed by atoms with E-state index in [1.807, 2.05) is 87.8 Å². The average molecular weight is 601 g/mol. The summed E-state index contributed by atoms with van der Waals surface area (Å²) in [7, 11) is 0. The van der Waals surface area contributed by atoms with E-state index in [1.54, 1.807) is 21.5 Å². The number of nitrogens with zero attached hydrogens (tertiary/aromatic N) is 8. The number of amidine groups is 2. The zero-order valence-corrected chi connectivity index (χ0v) is 25.2. The summed E-state index contributed by atoms with van der Waals surface area (Å²) in [6, 6.07) is 21.4. The molecular formula is C33H32N10O2. The number of carbonyl (C=O) groups is 1. The molecule has 2 aromatic heterocycles. The molecule has 12 nitrogen and oxygen atoms in total. The molecule has 7 rings (SSSR count). The fourth-order valence-electron chi connectivity index (χ4n) is 5.15. The highest BCUT2D eigenvalue weighted by Gasteiger charge is 2.21. The number of esters is 1. The molecular weight excluding hydrogens is 568 g/mol. The average Bonchev–Trinajstić information content (AvgIpc) is 3.88. The van der Waals surface area contributed by atoms with Crippen LogP contribution >= 0.6 is 0 Å². The zero-order valence-electron chi connectivity index (χ0n) is 25.2. The first kappa shape index (κ1) is 28.1. The standard InChI is InChI=1S/C33H32N10O2/c1-33(2,3)45-32(44)25-17-23(28-19-42(40-38-28)26-8-4-21(5-9-26)30-34-12-13-35-30)16-24(18-25)29-20-43(41-39-29)27-10-6-22(7-11-27)31-36-14-15-37-31/h4-11,16-20H,12-15H2,1-3H3,(H,34,35)(H,36,37). The molecule has 3 aromatic carbocycles. The van der Waals surface area contributed by atoms with Crippen LogP contribution in [-0.4, -0.2) is 79.4 Å². The molecule has 12 heteroatoms. The molecule has 0 unspecified atom stereocenters. The molecule has 0 saturated heterocycles. The Bertz CT molecular complexity index is 1810. The van der Waals surface area contributed by atoms with Gasteiger partial charge in [0.05, 0.1) is 42.4 Å². The fraction of sp³-hybridized carbons (Fsp3) is 0.242. The summed E-state index contributed by atoms with van der Waals surface area (Å²) >= 11 is 0. The van der Waals surface area contributed by atoms with Crippen molar-refractivity contribution < 1.29 is 9.53 Å². The maximum Gasteiger partial charge on any atom is 0.338 e. The Labute approximate surface area is 259 Å². The highest BCUT2D eigenvalue weighted by molar-refractivity contribution is 6.00. The Morgan fingerprint density at radius 2 is 1.16 bits per heavy atom. The minimum Gasteiger partial charge on any atom is -0.456 e. The number of benzene rings is 3. The van der Waals surface area contributed by atoms with Crippen molar-refractivity contribution in [3.8, 4) is 33.9 Å². The van der Waals surface area contributed by atoms with Crippen LogP contribution in [0.5, 0.6) is 0 Å². The van der Waals surface area contributed by atoms with E-state index < -0.39 is 11.6 Å². The number of hydrogen-bond acceptors (Lipinski definition) is 10. The first-order chi connectivity index (χ1) is 21.8. The molecule has 0 bridgehead atoms. The molecule has 0 radical (unpaired) electrons. The SMILES string of the molecule is CC(C)(C)OC(=O)c1cc(-c2cn(-c3ccc(C4=NCCN4)cc3)nn2)cc(-c2cn(-c3ccc(C4=NCCN4)cc3)nn2)c1. The van der Waals surface area contributed by atoms with Crippen LogP contribution in [-0.2, 0) is 4.74 Å². The second kappa shape index (κ2) is 11.5. The van der Waals surface area contributed by atoms with Crippen molar-refractivity contribution in [2.75, 3.05) is 26.2 Å². The maximum absolute atomic E-state index is 13.2. The Kier molecular flexibility index (Phi) is 7.16. The second-order valence-electron chi connectivity index (χ2n) is 11.8. The molecule has 0 atom stereocenters. The summed E-state index contributed by atoms with van der Waals surface area (Å²) < 4.78 is 9.12. The third-order valence-corrected chi connectivity index (χ3v) is 7.30. The quantitative estimate of drug-likeness (QED) is 0.269. The summed E-state index contributed by atoms with van der Waals surface area (Å²) in [5, 5.41) is 24.2. The minimum atomic E-state index is -0.656. The van der Waals surface area contributed by atoms with Crippen LogP contribution in [0.4, 0.5) is 0 Å². The van der Waals surface area contributed by atoms with Gasteiger partial charge in [-0.05, 0) is 87.5 Å². The van der Waals surface area contributed by atoms with Crippen molar-refractivity contribution in [1.29, 1.82) is 0 Å². The molecule has 2 aliphatic heterocycles. The summed E-state index contributed by atoms with van der Waals surface area (Å²) in [5.74, 6) is 1.36. The lowest BCUT2D eigenvalue weighted by Gasteiger charge is -2.19. The number of aromatic nitrogens is 6. The van der Waals surface area contributed by atoms with Crippen LogP contribution in [0.15, 0.2) is 89.1 Å². The zero-order chi connectivity index (χ0) is 31.0. The van der Waals surface area contributed by atoms with E-state index in [0.29, 0.717) is 28.1 Å². The second-order valence-corrected chi connectivity index (χ2v) is 11.8. The van der Waals surface area contributed by atoms with Gasteiger partial charge in [-0.3, -0.25) is 9.98 Å². The number of carbonyl (C=O) groups excluding carboxylic acids is 1. The number of nitrogens with one attached hydrogen (secondary N) is 2. The van der Waals surface area contributed by atoms with E-state index in [2.05, 4.69) is 41.2 Å². The molecule has 0 spiro atoms. The molecule has 4 heterocycles. The van der Waals surface area contributed by atoms with Gasteiger partial charge in [0.2, 0.25) is 0 Å². The van der Waals surface area contributed by atoms with Gasteiger partial charge in [-0.25, -0.2) is 14.2 Å². The van der Waals surface area contributed by atoms with Crippen LogP contribution in [0.1, 0.15) is 42.3 Å². The van der Waals surface area contributed by atoms with Crippen LogP contribution in [0, 0.1) is 0 Å². The van der Waals surface area contributed by atoms with Gasteiger partial charge in [-0.2, -0.15) is 0 Å². The van der Waals surface area contributed by atoms with Gasteiger partial charge in [0.25, 0.3) is 0 Å². The molecule has 2 N–H and O–H groups in total. The topological polar surface area (TPSA) is 136 Å². The van der Waals surface area contributed by atoms with E-state index in [4.69, 9.17) is 4.74 Å². The van der Waals surface area contributed by atoms with E-state index >= 15 is 0 Å². The van der Waals surface area contributed by atoms with Crippen LogP contribution < -0.4 is 10.6 Å². The van der Waals surface area contributed by atoms with Gasteiger partial charge in [0.15, 0.2) is 0 Å². The molecule has 0 amide bonds. The molecule has 45 heavy (non-hydrogen) atoms. The van der Waals surface area contributed by atoms with Gasteiger partial charge >= 0.3 is 5.97 Å². The molecule has 2 aliphatic rings. The lowest BCUT2D eigenvalue weighted by molar-refractivity contribution is 0.00696. The van der Waals surface area contributed by atoms with Gasteiger partial charge in [-0.15, -0.1) is 10.2 Å². The van der Waals surface area contributed by atoms with Crippen molar-refractivity contribution in [2.24, 2.45) is 9.98 Å². The summed E-state index contributed by atoms with van der Waals surface area (Å²) in [6.07, 6.45) is 3.67. The van der Waals surface area contributed by atoms with E-state index in [9.17, 15) is 4.79 Å². The van der Waals surface area contributed by atoms with E-state index in [-0.39, 0.29) is 0 Å².